The lowest BCUT2D eigenvalue weighted by atomic mass is 10.0. The summed E-state index contributed by atoms with van der Waals surface area (Å²) in [5, 5.41) is 15.0. The first-order valence-corrected chi connectivity index (χ1v) is 9.47. The van der Waals surface area contributed by atoms with Crippen molar-refractivity contribution < 1.29 is 33.5 Å². The van der Waals surface area contributed by atoms with Gasteiger partial charge in [-0.25, -0.2) is 9.18 Å². The fraction of sp³-hybridized carbons (Fsp3) is 0.385. The highest BCUT2D eigenvalue weighted by molar-refractivity contribution is 8.00. The number of alkyl halides is 1. The van der Waals surface area contributed by atoms with Crippen molar-refractivity contribution in [1.29, 1.82) is 0 Å². The summed E-state index contributed by atoms with van der Waals surface area (Å²) in [5.74, 6) is -2.18. The molecule has 1 fully saturated rings. The smallest absolute Gasteiger partial charge is 0.357 e. The molecule has 0 radical (unpaired) electrons. The van der Waals surface area contributed by atoms with E-state index >= 15 is 0 Å². The number of nitrogens with zero attached hydrogens (tertiary/aromatic N) is 4. The second kappa shape index (κ2) is 6.99. The molecule has 3 atom stereocenters. The average molecular weight is 430 g/mol. The highest BCUT2D eigenvalue weighted by Gasteiger charge is 2.57. The SMILES string of the molecule is Nc1nc(/C(=N/OCF)C(=O)N[C@@H]2C(=O)N3C4=C(CSC23)C(O)OC4=O)ns1. The summed E-state index contributed by atoms with van der Waals surface area (Å²) in [4.78, 5) is 46.1. The molecule has 0 aliphatic carbocycles. The zero-order valence-corrected chi connectivity index (χ0v) is 15.3. The number of β-lactam (4-membered cyclic amide) rings is 1. The molecule has 0 spiro atoms. The number of fused-ring (bicyclic) bond motifs is 2. The second-order valence-electron chi connectivity index (χ2n) is 5.63. The summed E-state index contributed by atoms with van der Waals surface area (Å²) in [5.41, 5.74) is 5.33. The third kappa shape index (κ3) is 2.87. The number of carbonyl (C=O) groups is 3. The number of anilines is 1. The van der Waals surface area contributed by atoms with Crippen molar-refractivity contribution >= 4 is 51.9 Å². The molecule has 4 heterocycles. The van der Waals surface area contributed by atoms with Crippen molar-refractivity contribution in [3.05, 3.63) is 17.1 Å². The van der Waals surface area contributed by atoms with E-state index in [1.165, 1.54) is 16.7 Å². The van der Waals surface area contributed by atoms with Crippen LogP contribution in [0.3, 0.4) is 0 Å². The van der Waals surface area contributed by atoms with Crippen LogP contribution in [0.4, 0.5) is 9.52 Å². The maximum Gasteiger partial charge on any atom is 0.357 e. The molecule has 1 aromatic rings. The zero-order valence-electron chi connectivity index (χ0n) is 13.7. The molecule has 1 aromatic heterocycles. The number of oxime groups is 1. The number of nitrogens with one attached hydrogen (secondary N) is 1. The molecule has 1 saturated heterocycles. The monoisotopic (exact) mass is 430 g/mol. The van der Waals surface area contributed by atoms with E-state index in [0.717, 1.165) is 11.5 Å². The molecular weight excluding hydrogens is 419 g/mol. The first-order chi connectivity index (χ1) is 13.4. The van der Waals surface area contributed by atoms with E-state index in [-0.39, 0.29) is 22.4 Å². The Kier molecular flexibility index (Phi) is 4.64. The second-order valence-corrected chi connectivity index (χ2v) is 7.52. The number of ether oxygens (including phenoxy) is 1. The molecule has 2 unspecified atom stereocenters. The maximum absolute atomic E-state index is 12.5. The van der Waals surface area contributed by atoms with Gasteiger partial charge in [-0.2, -0.15) is 9.36 Å². The number of cyclic esters (lactones) is 1. The Bertz CT molecular complexity index is 934. The van der Waals surface area contributed by atoms with Gasteiger partial charge in [-0.15, -0.1) is 11.8 Å². The summed E-state index contributed by atoms with van der Waals surface area (Å²) in [6.45, 7) is -1.29. The molecule has 3 aliphatic rings. The number of hydrogen-bond donors (Lipinski definition) is 3. The lowest BCUT2D eigenvalue weighted by molar-refractivity contribution is -0.157. The van der Waals surface area contributed by atoms with Gasteiger partial charge in [0, 0.05) is 22.9 Å². The van der Waals surface area contributed by atoms with Crippen molar-refractivity contribution in [3.63, 3.8) is 0 Å². The fourth-order valence-corrected chi connectivity index (χ4v) is 4.66. The minimum Gasteiger partial charge on any atom is -0.427 e. The Morgan fingerprint density at radius 2 is 2.32 bits per heavy atom. The van der Waals surface area contributed by atoms with E-state index in [9.17, 15) is 23.9 Å². The van der Waals surface area contributed by atoms with Gasteiger partial charge in [-0.05, 0) is 0 Å². The molecule has 15 heteroatoms. The van der Waals surface area contributed by atoms with E-state index in [1.807, 2.05) is 0 Å². The number of hydrogen-bond acceptors (Lipinski definition) is 12. The van der Waals surface area contributed by atoms with Crippen LogP contribution in [0.2, 0.25) is 0 Å². The van der Waals surface area contributed by atoms with Gasteiger partial charge in [0.2, 0.25) is 17.8 Å². The predicted octanol–water partition coefficient (Wildman–Crippen LogP) is -1.70. The molecule has 148 valence electrons. The number of rotatable bonds is 5. The molecular formula is C13H11FN6O6S2. The highest BCUT2D eigenvalue weighted by Crippen LogP contribution is 2.43. The molecule has 28 heavy (non-hydrogen) atoms. The van der Waals surface area contributed by atoms with Gasteiger partial charge >= 0.3 is 5.97 Å². The summed E-state index contributed by atoms with van der Waals surface area (Å²) >= 11 is 2.04. The van der Waals surface area contributed by atoms with Gasteiger partial charge in [0.25, 0.3) is 18.7 Å². The van der Waals surface area contributed by atoms with Crippen LogP contribution >= 0.6 is 23.3 Å². The minimum absolute atomic E-state index is 0.00431. The molecule has 4 N–H and O–H groups in total. The van der Waals surface area contributed by atoms with E-state index in [0.29, 0.717) is 5.57 Å². The number of nitrogens with two attached hydrogens (primary N) is 1. The van der Waals surface area contributed by atoms with E-state index in [2.05, 4.69) is 24.7 Å². The Labute approximate surface area is 163 Å². The van der Waals surface area contributed by atoms with Gasteiger partial charge in [0.1, 0.15) is 17.1 Å². The van der Waals surface area contributed by atoms with E-state index in [1.54, 1.807) is 0 Å². The maximum atomic E-state index is 12.5. The molecule has 12 nitrogen and oxygen atoms in total. The van der Waals surface area contributed by atoms with Crippen molar-refractivity contribution in [2.75, 3.05) is 18.3 Å². The Hall–Kier alpha value is -2.78. The van der Waals surface area contributed by atoms with Gasteiger partial charge in [0.15, 0.2) is 5.13 Å². The van der Waals surface area contributed by atoms with Crippen LogP contribution < -0.4 is 11.1 Å². The van der Waals surface area contributed by atoms with Gasteiger partial charge in [-0.1, -0.05) is 5.16 Å². The van der Waals surface area contributed by atoms with E-state index in [4.69, 9.17) is 10.5 Å². The molecule has 2 amide bonds. The van der Waals surface area contributed by atoms with Crippen LogP contribution in [-0.2, 0) is 24.0 Å². The number of amides is 2. The third-order valence-electron chi connectivity index (χ3n) is 4.07. The molecule has 0 saturated carbocycles. The number of thioether (sulfide) groups is 1. The van der Waals surface area contributed by atoms with Crippen LogP contribution in [-0.4, -0.2) is 73.2 Å². The normalized spacial score (nSPS) is 26.4. The van der Waals surface area contributed by atoms with Crippen LogP contribution in [0.5, 0.6) is 0 Å². The number of halogens is 1. The number of nitrogen functional groups attached to an aromatic ring is 1. The van der Waals surface area contributed by atoms with Gasteiger partial charge in [0.05, 0.1) is 0 Å². The number of esters is 1. The zero-order chi connectivity index (χ0) is 20.0. The number of carbonyl (C=O) groups excluding carboxylic acids is 3. The van der Waals surface area contributed by atoms with Crippen molar-refractivity contribution in [1.82, 2.24) is 19.6 Å². The first-order valence-electron chi connectivity index (χ1n) is 7.65. The number of aliphatic hydroxyl groups is 1. The van der Waals surface area contributed by atoms with Gasteiger partial charge in [-0.3, -0.25) is 14.5 Å². The van der Waals surface area contributed by atoms with Crippen molar-refractivity contribution in [3.8, 4) is 0 Å². The third-order valence-corrected chi connectivity index (χ3v) is 5.91. The molecule has 3 aliphatic heterocycles. The van der Waals surface area contributed by atoms with Crippen molar-refractivity contribution in [2.45, 2.75) is 17.7 Å². The number of aliphatic hydroxyl groups excluding tert-OH is 1. The number of aromatic nitrogens is 2. The molecule has 4 rings (SSSR count). The predicted molar refractivity (Wildman–Crippen MR) is 92.1 cm³/mol. The van der Waals surface area contributed by atoms with E-state index < -0.39 is 48.1 Å². The molecule has 0 aromatic carbocycles. The minimum atomic E-state index is -1.38. The molecule has 0 bridgehead atoms. The van der Waals surface area contributed by atoms with Crippen LogP contribution in [0.1, 0.15) is 5.82 Å². The van der Waals surface area contributed by atoms with Crippen LogP contribution in [0.15, 0.2) is 16.4 Å². The lowest BCUT2D eigenvalue weighted by Crippen LogP contribution is -2.70. The first kappa shape index (κ1) is 18.6. The fourth-order valence-electron chi connectivity index (χ4n) is 2.86. The Morgan fingerprint density at radius 1 is 1.54 bits per heavy atom. The summed E-state index contributed by atoms with van der Waals surface area (Å²) in [7, 11) is 0. The quantitative estimate of drug-likeness (QED) is 0.212. The van der Waals surface area contributed by atoms with Crippen LogP contribution in [0.25, 0.3) is 0 Å². The summed E-state index contributed by atoms with van der Waals surface area (Å²) in [6, 6.07) is -0.983. The Balaban J connectivity index is 1.52. The summed E-state index contributed by atoms with van der Waals surface area (Å²) in [6.07, 6.45) is -1.38. The van der Waals surface area contributed by atoms with Crippen LogP contribution in [0, 0.1) is 0 Å². The van der Waals surface area contributed by atoms with Crippen molar-refractivity contribution in [2.24, 2.45) is 5.16 Å². The highest BCUT2D eigenvalue weighted by atomic mass is 32.2. The van der Waals surface area contributed by atoms with Gasteiger partial charge < -0.3 is 25.7 Å². The standard InChI is InChI=1S/C13H11FN6O6S2/c14-2-25-18-4(7-17-13(15)28-19-7)8(21)16-5-9(22)20-6-3(1-27-10(5)20)11(23)26-12(6)24/h5,10-11,23H,1-2H2,(H,16,21)(H2,15,17,19)/b18-4-/t5-,10?,11?/m1/s1. The Morgan fingerprint density at radius 3 is 3.00 bits per heavy atom. The topological polar surface area (TPSA) is 169 Å². The summed E-state index contributed by atoms with van der Waals surface area (Å²) < 4.78 is 20.8. The lowest BCUT2D eigenvalue weighted by Gasteiger charge is -2.48. The largest absolute Gasteiger partial charge is 0.427 e. The average Bonchev–Trinajstić information content (AvgIpc) is 3.22.